The summed E-state index contributed by atoms with van der Waals surface area (Å²) in [5.41, 5.74) is 1.26. The lowest BCUT2D eigenvalue weighted by atomic mass is 9.89. The first-order chi connectivity index (χ1) is 7.68. The number of aromatic nitrogens is 1. The predicted octanol–water partition coefficient (Wildman–Crippen LogP) is 3.22. The molecule has 0 bridgehead atoms. The molecular weight excluding hydrogens is 222 g/mol. The monoisotopic (exact) mass is 239 g/mol. The Labute approximate surface area is 102 Å². The first-order valence-electron chi connectivity index (χ1n) is 5.84. The van der Waals surface area contributed by atoms with E-state index < -0.39 is 0 Å². The van der Waals surface area contributed by atoms with Gasteiger partial charge in [0.2, 0.25) is 0 Å². The van der Waals surface area contributed by atoms with Crippen molar-refractivity contribution >= 4 is 11.6 Å². The van der Waals surface area contributed by atoms with Gasteiger partial charge in [-0.25, -0.2) is 0 Å². The summed E-state index contributed by atoms with van der Waals surface area (Å²) in [6.45, 7) is 5.08. The highest BCUT2D eigenvalue weighted by Gasteiger charge is 2.32. The molecule has 4 unspecified atom stereocenters. The number of hydrogen-bond acceptors (Lipinski definition) is 2. The van der Waals surface area contributed by atoms with E-state index in [1.807, 2.05) is 24.5 Å². The Morgan fingerprint density at radius 2 is 2.12 bits per heavy atom. The SMILES string of the molecule is CC1CC(C(Cl)C(C)c2ccncc2)CO1. The zero-order chi connectivity index (χ0) is 11.5. The molecule has 1 fully saturated rings. The van der Waals surface area contributed by atoms with E-state index in [0.29, 0.717) is 17.9 Å². The zero-order valence-electron chi connectivity index (χ0n) is 9.77. The van der Waals surface area contributed by atoms with Gasteiger partial charge in [0, 0.05) is 23.7 Å². The molecule has 0 aromatic carbocycles. The molecule has 0 saturated carbocycles. The Hall–Kier alpha value is -0.600. The van der Waals surface area contributed by atoms with Crippen molar-refractivity contribution in [1.29, 1.82) is 0 Å². The van der Waals surface area contributed by atoms with Gasteiger partial charge in [-0.2, -0.15) is 0 Å². The summed E-state index contributed by atoms with van der Waals surface area (Å²) >= 11 is 6.54. The second kappa shape index (κ2) is 5.15. The van der Waals surface area contributed by atoms with Crippen LogP contribution < -0.4 is 0 Å². The molecule has 0 radical (unpaired) electrons. The van der Waals surface area contributed by atoms with E-state index in [9.17, 15) is 0 Å². The minimum atomic E-state index is 0.146. The number of alkyl halides is 1. The Balaban J connectivity index is 2.02. The van der Waals surface area contributed by atoms with Crippen LogP contribution in [0.5, 0.6) is 0 Å². The Morgan fingerprint density at radius 1 is 1.44 bits per heavy atom. The third-order valence-corrected chi connectivity index (χ3v) is 4.12. The molecule has 1 aliphatic rings. The average molecular weight is 240 g/mol. The second-order valence-corrected chi connectivity index (χ2v) is 5.16. The van der Waals surface area contributed by atoms with Crippen LogP contribution in [0.4, 0.5) is 0 Å². The molecule has 0 amide bonds. The summed E-state index contributed by atoms with van der Waals surface area (Å²) in [6, 6.07) is 4.08. The highest BCUT2D eigenvalue weighted by Crippen LogP contribution is 2.34. The van der Waals surface area contributed by atoms with Gasteiger partial charge in [-0.1, -0.05) is 6.92 Å². The van der Waals surface area contributed by atoms with Crippen LogP contribution in [-0.2, 0) is 4.74 Å². The Morgan fingerprint density at radius 3 is 2.69 bits per heavy atom. The third kappa shape index (κ3) is 2.55. The van der Waals surface area contributed by atoms with Crippen LogP contribution >= 0.6 is 11.6 Å². The van der Waals surface area contributed by atoms with Gasteiger partial charge in [0.25, 0.3) is 0 Å². The molecule has 2 rings (SSSR count). The van der Waals surface area contributed by atoms with Crippen molar-refractivity contribution in [2.24, 2.45) is 5.92 Å². The minimum absolute atomic E-state index is 0.146. The van der Waals surface area contributed by atoms with Crippen molar-refractivity contribution in [1.82, 2.24) is 4.98 Å². The molecule has 0 aliphatic carbocycles. The Bertz CT molecular complexity index is 330. The van der Waals surface area contributed by atoms with E-state index in [4.69, 9.17) is 16.3 Å². The highest BCUT2D eigenvalue weighted by atomic mass is 35.5. The molecule has 88 valence electrons. The van der Waals surface area contributed by atoms with Crippen molar-refractivity contribution in [2.45, 2.75) is 37.7 Å². The number of nitrogens with zero attached hydrogens (tertiary/aromatic N) is 1. The maximum Gasteiger partial charge on any atom is 0.0551 e. The number of hydrogen-bond donors (Lipinski definition) is 0. The van der Waals surface area contributed by atoms with Crippen LogP contribution in [0.1, 0.15) is 31.7 Å². The van der Waals surface area contributed by atoms with Gasteiger partial charge in [0.15, 0.2) is 0 Å². The van der Waals surface area contributed by atoms with E-state index in [1.54, 1.807) is 0 Å². The first-order valence-corrected chi connectivity index (χ1v) is 6.27. The van der Waals surface area contributed by atoms with Gasteiger partial charge in [0.1, 0.15) is 0 Å². The standard InChI is InChI=1S/C13H18ClNO/c1-9-7-12(8-16-9)13(14)10(2)11-3-5-15-6-4-11/h3-6,9-10,12-13H,7-8H2,1-2H3. The van der Waals surface area contributed by atoms with Gasteiger partial charge < -0.3 is 4.74 Å². The van der Waals surface area contributed by atoms with Crippen LogP contribution in [0.2, 0.25) is 0 Å². The average Bonchev–Trinajstić information content (AvgIpc) is 2.75. The van der Waals surface area contributed by atoms with Gasteiger partial charge in [-0.3, -0.25) is 4.98 Å². The van der Waals surface area contributed by atoms with Gasteiger partial charge in [0.05, 0.1) is 12.7 Å². The number of ether oxygens (including phenoxy) is 1. The molecule has 4 atom stereocenters. The van der Waals surface area contributed by atoms with Crippen molar-refractivity contribution in [3.63, 3.8) is 0 Å². The van der Waals surface area contributed by atoms with Crippen molar-refractivity contribution in [2.75, 3.05) is 6.61 Å². The quantitative estimate of drug-likeness (QED) is 0.756. The molecular formula is C13H18ClNO. The molecule has 0 N–H and O–H groups in total. The van der Waals surface area contributed by atoms with Crippen molar-refractivity contribution in [3.8, 4) is 0 Å². The normalized spacial score (nSPS) is 28.9. The highest BCUT2D eigenvalue weighted by molar-refractivity contribution is 6.21. The lowest BCUT2D eigenvalue weighted by molar-refractivity contribution is 0.119. The summed E-state index contributed by atoms with van der Waals surface area (Å²) in [6.07, 6.45) is 5.08. The fraction of sp³-hybridized carbons (Fsp3) is 0.615. The number of pyridine rings is 1. The lowest BCUT2D eigenvalue weighted by Gasteiger charge is -2.23. The molecule has 16 heavy (non-hydrogen) atoms. The summed E-state index contributed by atoms with van der Waals surface area (Å²) in [5.74, 6) is 0.823. The smallest absolute Gasteiger partial charge is 0.0551 e. The molecule has 1 aromatic rings. The predicted molar refractivity (Wildman–Crippen MR) is 65.8 cm³/mol. The maximum absolute atomic E-state index is 6.54. The van der Waals surface area contributed by atoms with E-state index >= 15 is 0 Å². The van der Waals surface area contributed by atoms with E-state index in [1.165, 1.54) is 5.56 Å². The first kappa shape index (κ1) is 11.9. The zero-order valence-corrected chi connectivity index (χ0v) is 10.5. The van der Waals surface area contributed by atoms with Gasteiger partial charge in [-0.15, -0.1) is 11.6 Å². The van der Waals surface area contributed by atoms with Gasteiger partial charge >= 0.3 is 0 Å². The molecule has 1 aromatic heterocycles. The van der Waals surface area contributed by atoms with Crippen LogP contribution in [0.25, 0.3) is 0 Å². The van der Waals surface area contributed by atoms with E-state index in [0.717, 1.165) is 13.0 Å². The topological polar surface area (TPSA) is 22.1 Å². The lowest BCUT2D eigenvalue weighted by Crippen LogP contribution is -2.21. The van der Waals surface area contributed by atoms with E-state index in [2.05, 4.69) is 18.8 Å². The molecule has 2 heterocycles. The summed E-state index contributed by atoms with van der Waals surface area (Å²) < 4.78 is 5.58. The van der Waals surface area contributed by atoms with E-state index in [-0.39, 0.29) is 5.38 Å². The minimum Gasteiger partial charge on any atom is -0.378 e. The molecule has 1 saturated heterocycles. The van der Waals surface area contributed by atoms with Crippen LogP contribution in [0, 0.1) is 5.92 Å². The molecule has 2 nitrogen and oxygen atoms in total. The summed E-state index contributed by atoms with van der Waals surface area (Å²) in [7, 11) is 0. The maximum atomic E-state index is 6.54. The third-order valence-electron chi connectivity index (χ3n) is 3.39. The molecule has 3 heteroatoms. The van der Waals surface area contributed by atoms with Crippen molar-refractivity contribution < 1.29 is 4.74 Å². The molecule has 0 spiro atoms. The number of halogens is 1. The fourth-order valence-corrected chi connectivity index (χ4v) is 2.65. The van der Waals surface area contributed by atoms with Crippen molar-refractivity contribution in [3.05, 3.63) is 30.1 Å². The fourth-order valence-electron chi connectivity index (χ4n) is 2.33. The van der Waals surface area contributed by atoms with Crippen LogP contribution in [-0.4, -0.2) is 23.1 Å². The van der Waals surface area contributed by atoms with Crippen LogP contribution in [0.15, 0.2) is 24.5 Å². The summed E-state index contributed by atoms with van der Waals surface area (Å²) in [5, 5.41) is 0.146. The molecule has 1 aliphatic heterocycles. The number of rotatable bonds is 3. The second-order valence-electron chi connectivity index (χ2n) is 4.65. The van der Waals surface area contributed by atoms with Gasteiger partial charge in [-0.05, 0) is 37.0 Å². The largest absolute Gasteiger partial charge is 0.378 e. The summed E-state index contributed by atoms with van der Waals surface area (Å²) in [4.78, 5) is 4.03. The van der Waals surface area contributed by atoms with Crippen LogP contribution in [0.3, 0.4) is 0 Å². The Kier molecular flexibility index (Phi) is 3.82.